The maximum atomic E-state index is 11.9. The van der Waals surface area contributed by atoms with E-state index >= 15 is 0 Å². The third kappa shape index (κ3) is 3.74. The summed E-state index contributed by atoms with van der Waals surface area (Å²) in [6, 6.07) is 5.74. The summed E-state index contributed by atoms with van der Waals surface area (Å²) in [4.78, 5) is 22.0. The number of hydrogen-bond acceptors (Lipinski definition) is 3. The summed E-state index contributed by atoms with van der Waals surface area (Å²) in [6.45, 7) is 0. The lowest BCUT2D eigenvalue weighted by Gasteiger charge is -2.17. The Bertz CT molecular complexity index is 485. The molecule has 1 aromatic carbocycles. The zero-order valence-electron chi connectivity index (χ0n) is 10.7. The number of nitrogens with zero attached hydrogens (tertiary/aromatic N) is 1. The Morgan fingerprint density at radius 1 is 1.16 bits per heavy atom. The number of carbonyl (C=O) groups excluding carboxylic acids is 1. The molecular formula is C15H17NO3. The molecule has 0 aliphatic heterocycles. The Morgan fingerprint density at radius 2 is 1.79 bits per heavy atom. The number of non-ortho nitro benzene ring substituents is 1. The molecule has 19 heavy (non-hydrogen) atoms. The Kier molecular flexibility index (Phi) is 4.44. The van der Waals surface area contributed by atoms with E-state index < -0.39 is 4.92 Å². The van der Waals surface area contributed by atoms with Crippen LogP contribution in [0.2, 0.25) is 0 Å². The minimum Gasteiger partial charge on any atom is -0.289 e. The van der Waals surface area contributed by atoms with Crippen LogP contribution in [0.4, 0.5) is 5.69 Å². The Hall–Kier alpha value is -1.97. The van der Waals surface area contributed by atoms with Crippen LogP contribution >= 0.6 is 0 Å². The smallest absolute Gasteiger partial charge is 0.269 e. The monoisotopic (exact) mass is 259 g/mol. The van der Waals surface area contributed by atoms with Gasteiger partial charge in [-0.1, -0.05) is 25.3 Å². The van der Waals surface area contributed by atoms with Crippen LogP contribution < -0.4 is 0 Å². The fourth-order valence-corrected chi connectivity index (χ4v) is 2.39. The van der Waals surface area contributed by atoms with Crippen molar-refractivity contribution < 1.29 is 9.72 Å². The molecule has 1 aliphatic carbocycles. The molecule has 0 bridgehead atoms. The summed E-state index contributed by atoms with van der Waals surface area (Å²) in [5.41, 5.74) is 0.505. The van der Waals surface area contributed by atoms with Gasteiger partial charge in [-0.25, -0.2) is 0 Å². The van der Waals surface area contributed by atoms with Crippen LogP contribution in [0.15, 0.2) is 36.4 Å². The minimum absolute atomic E-state index is 0.00723. The van der Waals surface area contributed by atoms with Crippen molar-refractivity contribution in [2.24, 2.45) is 5.92 Å². The molecule has 0 atom stereocenters. The molecule has 0 unspecified atom stereocenters. The van der Waals surface area contributed by atoms with E-state index in [9.17, 15) is 14.9 Å². The van der Waals surface area contributed by atoms with Crippen LogP contribution in [0.1, 0.15) is 42.5 Å². The Balaban J connectivity index is 1.98. The fraction of sp³-hybridized carbons (Fsp3) is 0.400. The molecule has 100 valence electrons. The Labute approximate surface area is 112 Å². The van der Waals surface area contributed by atoms with E-state index in [2.05, 4.69) is 0 Å². The highest BCUT2D eigenvalue weighted by molar-refractivity contribution is 6.04. The van der Waals surface area contributed by atoms with Gasteiger partial charge in [0.05, 0.1) is 4.92 Å². The number of benzene rings is 1. The van der Waals surface area contributed by atoms with Crippen molar-refractivity contribution in [3.8, 4) is 0 Å². The van der Waals surface area contributed by atoms with Crippen molar-refractivity contribution in [3.63, 3.8) is 0 Å². The number of rotatable bonds is 4. The molecule has 0 amide bonds. The molecule has 0 spiro atoms. The topological polar surface area (TPSA) is 60.2 Å². The SMILES string of the molecule is O=C(/C=C/C1CCCCC1)c1ccc([N+](=O)[O-])cc1. The zero-order chi connectivity index (χ0) is 13.7. The maximum absolute atomic E-state index is 11.9. The first-order valence-electron chi connectivity index (χ1n) is 6.64. The van der Waals surface area contributed by atoms with Gasteiger partial charge < -0.3 is 0 Å². The molecule has 0 saturated heterocycles. The van der Waals surface area contributed by atoms with Gasteiger partial charge in [0.2, 0.25) is 0 Å². The molecule has 0 heterocycles. The van der Waals surface area contributed by atoms with Gasteiger partial charge in [0.25, 0.3) is 5.69 Å². The molecule has 0 radical (unpaired) electrons. The van der Waals surface area contributed by atoms with Gasteiger partial charge in [-0.15, -0.1) is 0 Å². The standard InChI is InChI=1S/C15H17NO3/c17-15(11-6-12-4-2-1-3-5-12)13-7-9-14(10-8-13)16(18)19/h6-12H,1-5H2/b11-6+. The molecule has 4 nitrogen and oxygen atoms in total. The highest BCUT2D eigenvalue weighted by atomic mass is 16.6. The normalized spacial score (nSPS) is 16.6. The lowest BCUT2D eigenvalue weighted by Crippen LogP contribution is -2.04. The molecule has 0 aromatic heterocycles. The first kappa shape index (κ1) is 13.5. The molecule has 1 aliphatic rings. The summed E-state index contributed by atoms with van der Waals surface area (Å²) >= 11 is 0. The molecule has 2 rings (SSSR count). The van der Waals surface area contributed by atoms with Gasteiger partial charge in [0.15, 0.2) is 5.78 Å². The van der Waals surface area contributed by atoms with Gasteiger partial charge in [-0.3, -0.25) is 14.9 Å². The van der Waals surface area contributed by atoms with Crippen molar-refractivity contribution in [3.05, 3.63) is 52.1 Å². The number of carbonyl (C=O) groups is 1. The minimum atomic E-state index is -0.466. The predicted molar refractivity (Wildman–Crippen MR) is 73.1 cm³/mol. The van der Waals surface area contributed by atoms with E-state index in [0.29, 0.717) is 11.5 Å². The summed E-state index contributed by atoms with van der Waals surface area (Å²) in [7, 11) is 0. The fourth-order valence-electron chi connectivity index (χ4n) is 2.39. The van der Waals surface area contributed by atoms with Crippen molar-refractivity contribution in [2.75, 3.05) is 0 Å². The van der Waals surface area contributed by atoms with E-state index in [4.69, 9.17) is 0 Å². The van der Waals surface area contributed by atoms with Gasteiger partial charge in [0.1, 0.15) is 0 Å². The van der Waals surface area contributed by atoms with Crippen molar-refractivity contribution >= 4 is 11.5 Å². The van der Waals surface area contributed by atoms with Gasteiger partial charge in [0, 0.05) is 17.7 Å². The van der Waals surface area contributed by atoms with E-state index in [-0.39, 0.29) is 11.5 Å². The van der Waals surface area contributed by atoms with E-state index in [1.807, 2.05) is 6.08 Å². The number of ketones is 1. The molecular weight excluding hydrogens is 242 g/mol. The third-order valence-corrected chi connectivity index (χ3v) is 3.53. The van der Waals surface area contributed by atoms with E-state index in [1.54, 1.807) is 6.08 Å². The first-order valence-corrected chi connectivity index (χ1v) is 6.64. The molecule has 1 aromatic rings. The Morgan fingerprint density at radius 3 is 2.37 bits per heavy atom. The van der Waals surface area contributed by atoms with Crippen LogP contribution in [-0.4, -0.2) is 10.7 Å². The third-order valence-electron chi connectivity index (χ3n) is 3.53. The second kappa shape index (κ2) is 6.27. The van der Waals surface area contributed by atoms with Crippen LogP contribution in [0.5, 0.6) is 0 Å². The lowest BCUT2D eigenvalue weighted by atomic mass is 9.89. The van der Waals surface area contributed by atoms with Crippen molar-refractivity contribution in [1.29, 1.82) is 0 Å². The molecule has 1 saturated carbocycles. The van der Waals surface area contributed by atoms with Crippen LogP contribution in [0.3, 0.4) is 0 Å². The molecule has 0 N–H and O–H groups in total. The number of allylic oxidation sites excluding steroid dienone is 2. The first-order chi connectivity index (χ1) is 9.16. The van der Waals surface area contributed by atoms with Gasteiger partial charge >= 0.3 is 0 Å². The molecule has 4 heteroatoms. The van der Waals surface area contributed by atoms with Crippen LogP contribution in [-0.2, 0) is 0 Å². The van der Waals surface area contributed by atoms with Gasteiger partial charge in [-0.2, -0.15) is 0 Å². The largest absolute Gasteiger partial charge is 0.289 e. The van der Waals surface area contributed by atoms with E-state index in [0.717, 1.165) is 12.8 Å². The summed E-state index contributed by atoms with van der Waals surface area (Å²) in [5, 5.41) is 10.5. The van der Waals surface area contributed by atoms with Gasteiger partial charge in [-0.05, 0) is 37.0 Å². The van der Waals surface area contributed by atoms with Crippen LogP contribution in [0, 0.1) is 16.0 Å². The van der Waals surface area contributed by atoms with E-state index in [1.165, 1.54) is 43.5 Å². The second-order valence-electron chi connectivity index (χ2n) is 4.93. The average Bonchev–Trinajstić information content (AvgIpc) is 2.46. The highest BCUT2D eigenvalue weighted by Crippen LogP contribution is 2.24. The number of nitro benzene ring substituents is 1. The predicted octanol–water partition coefficient (Wildman–Crippen LogP) is 3.91. The van der Waals surface area contributed by atoms with Crippen molar-refractivity contribution in [2.45, 2.75) is 32.1 Å². The number of nitro groups is 1. The number of hydrogen-bond donors (Lipinski definition) is 0. The summed E-state index contributed by atoms with van der Waals surface area (Å²) < 4.78 is 0. The molecule has 1 fully saturated rings. The average molecular weight is 259 g/mol. The zero-order valence-corrected chi connectivity index (χ0v) is 10.7. The van der Waals surface area contributed by atoms with Crippen LogP contribution in [0.25, 0.3) is 0 Å². The summed E-state index contributed by atoms with van der Waals surface area (Å²) in [6.07, 6.45) is 9.68. The van der Waals surface area contributed by atoms with Crippen molar-refractivity contribution in [1.82, 2.24) is 0 Å². The lowest BCUT2D eigenvalue weighted by molar-refractivity contribution is -0.384. The quantitative estimate of drug-likeness (QED) is 0.356. The maximum Gasteiger partial charge on any atom is 0.269 e. The second-order valence-corrected chi connectivity index (χ2v) is 4.93. The highest BCUT2D eigenvalue weighted by Gasteiger charge is 2.11. The summed E-state index contributed by atoms with van der Waals surface area (Å²) in [5.74, 6) is 0.427.